The number of carbonyl (C=O) groups excluding carboxylic acids is 1. The molecule has 0 amide bonds. The number of nitrogens with one attached hydrogen (secondary N) is 1. The second-order valence-electron chi connectivity index (χ2n) is 5.12. The molecule has 0 saturated carbocycles. The predicted octanol–water partition coefficient (Wildman–Crippen LogP) is 1.84. The number of piperidine rings is 1. The van der Waals surface area contributed by atoms with Gasteiger partial charge in [-0.15, -0.1) is 0 Å². The smallest absolute Gasteiger partial charge is 0.341 e. The van der Waals surface area contributed by atoms with Crippen molar-refractivity contribution in [1.82, 2.24) is 10.3 Å². The first-order valence-corrected chi connectivity index (χ1v) is 7.29. The Morgan fingerprint density at radius 1 is 1.55 bits per heavy atom. The fourth-order valence-electron chi connectivity index (χ4n) is 2.57. The predicted molar refractivity (Wildman–Crippen MR) is 79.1 cm³/mol. The molecule has 1 aromatic heterocycles. The van der Waals surface area contributed by atoms with Crippen molar-refractivity contribution in [2.24, 2.45) is 0 Å². The monoisotopic (exact) mass is 277 g/mol. The summed E-state index contributed by atoms with van der Waals surface area (Å²) in [5.41, 5.74) is 0.535. The maximum atomic E-state index is 12.0. The summed E-state index contributed by atoms with van der Waals surface area (Å²) in [6, 6.07) is 4.00. The Morgan fingerprint density at radius 3 is 3.10 bits per heavy atom. The first-order chi connectivity index (χ1) is 9.72. The van der Waals surface area contributed by atoms with Gasteiger partial charge >= 0.3 is 5.97 Å². The molecule has 1 atom stereocenters. The molecule has 1 saturated heterocycles. The lowest BCUT2D eigenvalue weighted by molar-refractivity contribution is 0.0526. The lowest BCUT2D eigenvalue weighted by Crippen LogP contribution is -2.43. The lowest BCUT2D eigenvalue weighted by atomic mass is 10.0. The number of anilines is 1. The minimum absolute atomic E-state index is 0.306. The first-order valence-electron chi connectivity index (χ1n) is 7.29. The highest BCUT2D eigenvalue weighted by Gasteiger charge is 2.20. The van der Waals surface area contributed by atoms with E-state index in [-0.39, 0.29) is 5.97 Å². The third-order valence-corrected chi connectivity index (χ3v) is 3.55. The van der Waals surface area contributed by atoms with E-state index in [0.717, 1.165) is 13.1 Å². The van der Waals surface area contributed by atoms with Crippen LogP contribution in [0.2, 0.25) is 0 Å². The largest absolute Gasteiger partial charge is 0.462 e. The quantitative estimate of drug-likeness (QED) is 0.832. The molecule has 1 unspecified atom stereocenters. The molecule has 0 spiro atoms. The van der Waals surface area contributed by atoms with E-state index >= 15 is 0 Å². The summed E-state index contributed by atoms with van der Waals surface area (Å²) in [5.74, 6) is 0.386. The second kappa shape index (κ2) is 7.24. The number of hydrogen-bond donors (Lipinski definition) is 1. The summed E-state index contributed by atoms with van der Waals surface area (Å²) in [5, 5.41) is 3.51. The van der Waals surface area contributed by atoms with Crippen molar-refractivity contribution in [2.45, 2.75) is 32.2 Å². The molecule has 0 aliphatic carbocycles. The molecular weight excluding hydrogens is 254 g/mol. The lowest BCUT2D eigenvalue weighted by Gasteiger charge is -2.29. The number of ether oxygens (including phenoxy) is 1. The molecule has 1 fully saturated rings. The number of pyridine rings is 1. The van der Waals surface area contributed by atoms with Gasteiger partial charge < -0.3 is 15.0 Å². The Balaban J connectivity index is 2.08. The Hall–Kier alpha value is -1.62. The SMILES string of the molecule is CCOC(=O)c1cccnc1N(C)CC1CCCCN1. The zero-order chi connectivity index (χ0) is 14.4. The second-order valence-corrected chi connectivity index (χ2v) is 5.12. The van der Waals surface area contributed by atoms with E-state index in [4.69, 9.17) is 4.74 Å². The molecule has 0 bridgehead atoms. The summed E-state index contributed by atoms with van der Waals surface area (Å²) in [7, 11) is 1.97. The Labute approximate surface area is 120 Å². The van der Waals surface area contributed by atoms with Crippen LogP contribution in [0, 0.1) is 0 Å². The molecule has 110 valence electrons. The average molecular weight is 277 g/mol. The normalized spacial score (nSPS) is 18.6. The van der Waals surface area contributed by atoms with Crippen LogP contribution in [-0.4, -0.2) is 43.7 Å². The number of hydrogen-bond acceptors (Lipinski definition) is 5. The summed E-state index contributed by atoms with van der Waals surface area (Å²) in [6.45, 7) is 4.11. The molecule has 1 aromatic rings. The van der Waals surface area contributed by atoms with Gasteiger partial charge in [0.25, 0.3) is 0 Å². The molecule has 0 radical (unpaired) electrons. The first kappa shape index (κ1) is 14.8. The van der Waals surface area contributed by atoms with Crippen molar-refractivity contribution >= 4 is 11.8 Å². The highest BCUT2D eigenvalue weighted by molar-refractivity contribution is 5.94. The third kappa shape index (κ3) is 3.70. The molecule has 2 heterocycles. The fraction of sp³-hybridized carbons (Fsp3) is 0.600. The molecule has 5 nitrogen and oxygen atoms in total. The van der Waals surface area contributed by atoms with Crippen LogP contribution in [0.1, 0.15) is 36.5 Å². The number of nitrogens with zero attached hydrogens (tertiary/aromatic N) is 2. The van der Waals surface area contributed by atoms with E-state index in [0.29, 0.717) is 24.0 Å². The minimum Gasteiger partial charge on any atom is -0.462 e. The molecule has 20 heavy (non-hydrogen) atoms. The molecule has 2 rings (SSSR count). The van der Waals surface area contributed by atoms with Gasteiger partial charge in [-0.25, -0.2) is 9.78 Å². The van der Waals surface area contributed by atoms with Crippen LogP contribution in [0.4, 0.5) is 5.82 Å². The Morgan fingerprint density at radius 2 is 2.40 bits per heavy atom. The number of carbonyl (C=O) groups is 1. The molecule has 0 aromatic carbocycles. The van der Waals surface area contributed by atoms with Gasteiger partial charge in [-0.2, -0.15) is 0 Å². The van der Waals surface area contributed by atoms with Crippen LogP contribution < -0.4 is 10.2 Å². The molecule has 1 aliphatic rings. The van der Waals surface area contributed by atoms with Crippen molar-refractivity contribution < 1.29 is 9.53 Å². The Bertz CT molecular complexity index is 444. The summed E-state index contributed by atoms with van der Waals surface area (Å²) >= 11 is 0. The van der Waals surface area contributed by atoms with E-state index in [1.807, 2.05) is 18.9 Å². The van der Waals surface area contributed by atoms with Crippen molar-refractivity contribution in [3.8, 4) is 0 Å². The number of rotatable bonds is 5. The maximum Gasteiger partial charge on any atom is 0.341 e. The topological polar surface area (TPSA) is 54.5 Å². The van der Waals surface area contributed by atoms with Gasteiger partial charge in [-0.05, 0) is 38.4 Å². The van der Waals surface area contributed by atoms with Gasteiger partial charge in [0.15, 0.2) is 0 Å². The average Bonchev–Trinajstić information content (AvgIpc) is 2.48. The number of aromatic nitrogens is 1. The number of likely N-dealkylation sites (N-methyl/N-ethyl adjacent to an activating group) is 1. The highest BCUT2D eigenvalue weighted by atomic mass is 16.5. The molecule has 1 aliphatic heterocycles. The third-order valence-electron chi connectivity index (χ3n) is 3.55. The van der Waals surface area contributed by atoms with Crippen molar-refractivity contribution in [1.29, 1.82) is 0 Å². The van der Waals surface area contributed by atoms with Gasteiger partial charge in [0, 0.05) is 25.8 Å². The van der Waals surface area contributed by atoms with E-state index < -0.39 is 0 Å². The van der Waals surface area contributed by atoms with Gasteiger partial charge in [-0.3, -0.25) is 0 Å². The van der Waals surface area contributed by atoms with Crippen LogP contribution in [-0.2, 0) is 4.74 Å². The molecule has 1 N–H and O–H groups in total. The van der Waals surface area contributed by atoms with Crippen LogP contribution >= 0.6 is 0 Å². The van der Waals surface area contributed by atoms with Gasteiger partial charge in [0.1, 0.15) is 11.4 Å². The van der Waals surface area contributed by atoms with E-state index in [1.165, 1.54) is 19.3 Å². The fourth-order valence-corrected chi connectivity index (χ4v) is 2.57. The zero-order valence-electron chi connectivity index (χ0n) is 12.3. The summed E-state index contributed by atoms with van der Waals surface area (Å²) in [4.78, 5) is 18.3. The zero-order valence-corrected chi connectivity index (χ0v) is 12.3. The minimum atomic E-state index is -0.306. The van der Waals surface area contributed by atoms with E-state index in [9.17, 15) is 4.79 Å². The van der Waals surface area contributed by atoms with Crippen molar-refractivity contribution in [3.05, 3.63) is 23.9 Å². The standard InChI is InChI=1S/C15H23N3O2/c1-3-20-15(19)13-8-6-10-17-14(13)18(2)11-12-7-4-5-9-16-12/h6,8,10,12,16H,3-5,7,9,11H2,1-2H3. The maximum absolute atomic E-state index is 12.0. The van der Waals surface area contributed by atoms with Gasteiger partial charge in [-0.1, -0.05) is 6.42 Å². The van der Waals surface area contributed by atoms with Crippen LogP contribution in [0.5, 0.6) is 0 Å². The van der Waals surface area contributed by atoms with E-state index in [2.05, 4.69) is 10.3 Å². The van der Waals surface area contributed by atoms with Crippen molar-refractivity contribution in [3.63, 3.8) is 0 Å². The van der Waals surface area contributed by atoms with Gasteiger partial charge in [0.2, 0.25) is 0 Å². The van der Waals surface area contributed by atoms with E-state index in [1.54, 1.807) is 18.3 Å². The summed E-state index contributed by atoms with van der Waals surface area (Å²) < 4.78 is 5.09. The molecule has 5 heteroatoms. The van der Waals surface area contributed by atoms with Crippen molar-refractivity contribution in [2.75, 3.05) is 31.6 Å². The van der Waals surface area contributed by atoms with Crippen LogP contribution in [0.3, 0.4) is 0 Å². The summed E-state index contributed by atoms with van der Waals surface area (Å²) in [6.07, 6.45) is 5.39. The van der Waals surface area contributed by atoms with Gasteiger partial charge in [0.05, 0.1) is 6.61 Å². The number of esters is 1. The molecular formula is C15H23N3O2. The Kier molecular flexibility index (Phi) is 5.35. The van der Waals surface area contributed by atoms with Crippen LogP contribution in [0.15, 0.2) is 18.3 Å². The highest BCUT2D eigenvalue weighted by Crippen LogP contribution is 2.18. The van der Waals surface area contributed by atoms with Crippen LogP contribution in [0.25, 0.3) is 0 Å².